The fourth-order valence-electron chi connectivity index (χ4n) is 1.13. The third-order valence-electron chi connectivity index (χ3n) is 1.81. The van der Waals surface area contributed by atoms with Gasteiger partial charge in [-0.25, -0.2) is 0 Å². The van der Waals surface area contributed by atoms with Gasteiger partial charge in [-0.05, 0) is 30.7 Å². The molecule has 2 N–H and O–H groups in total. The summed E-state index contributed by atoms with van der Waals surface area (Å²) < 4.78 is 30.3. The Labute approximate surface area is 116 Å². The number of nitrogens with one attached hydrogen (secondary N) is 1. The van der Waals surface area contributed by atoms with Crippen molar-refractivity contribution < 1.29 is 47.3 Å². The Bertz CT molecular complexity index is 498. The SMILES string of the molecule is CC(=O)Nc1ccc(S(=O)(=O)O)cc1C.[Na+]. The van der Waals surface area contributed by atoms with Gasteiger partial charge in [0.25, 0.3) is 10.1 Å². The molecule has 5 nitrogen and oxygen atoms in total. The monoisotopic (exact) mass is 252 g/mol. The average molecular weight is 252 g/mol. The number of hydrogen-bond acceptors (Lipinski definition) is 3. The minimum Gasteiger partial charge on any atom is -0.326 e. The third-order valence-corrected chi connectivity index (χ3v) is 2.66. The number of hydrogen-bond donors (Lipinski definition) is 2. The molecule has 0 atom stereocenters. The molecular formula is C9H11NNaO4S+. The van der Waals surface area contributed by atoms with Gasteiger partial charge in [0.15, 0.2) is 0 Å². The predicted molar refractivity (Wildman–Crippen MR) is 55.3 cm³/mol. The Balaban J connectivity index is 0.00000225. The number of carbonyl (C=O) groups is 1. The molecule has 16 heavy (non-hydrogen) atoms. The van der Waals surface area contributed by atoms with Crippen LogP contribution in [-0.4, -0.2) is 18.9 Å². The first-order valence-electron chi connectivity index (χ1n) is 4.16. The number of anilines is 1. The third kappa shape index (κ3) is 4.23. The number of aryl methyl sites for hydroxylation is 1. The molecule has 82 valence electrons. The number of carbonyl (C=O) groups excluding carboxylic acids is 1. The van der Waals surface area contributed by atoms with Crippen molar-refractivity contribution in [2.75, 3.05) is 5.32 Å². The molecule has 1 rings (SSSR count). The van der Waals surface area contributed by atoms with E-state index in [1.807, 2.05) is 0 Å². The van der Waals surface area contributed by atoms with E-state index < -0.39 is 10.1 Å². The van der Waals surface area contributed by atoms with E-state index in [0.29, 0.717) is 11.3 Å². The predicted octanol–water partition coefficient (Wildman–Crippen LogP) is -1.80. The van der Waals surface area contributed by atoms with Gasteiger partial charge < -0.3 is 5.32 Å². The van der Waals surface area contributed by atoms with E-state index in [2.05, 4.69) is 5.32 Å². The molecular weight excluding hydrogens is 241 g/mol. The van der Waals surface area contributed by atoms with Crippen molar-refractivity contribution in [3.8, 4) is 0 Å². The van der Waals surface area contributed by atoms with Gasteiger partial charge in [-0.1, -0.05) is 0 Å². The topological polar surface area (TPSA) is 83.5 Å². The van der Waals surface area contributed by atoms with Crippen LogP contribution in [0.3, 0.4) is 0 Å². The summed E-state index contributed by atoms with van der Waals surface area (Å²) in [5.41, 5.74) is 1.09. The molecule has 0 saturated heterocycles. The van der Waals surface area contributed by atoms with E-state index in [1.54, 1.807) is 6.92 Å². The van der Waals surface area contributed by atoms with Crippen LogP contribution in [-0.2, 0) is 14.9 Å². The maximum atomic E-state index is 10.8. The zero-order valence-electron chi connectivity index (χ0n) is 9.31. The van der Waals surface area contributed by atoms with Gasteiger partial charge in [0.1, 0.15) is 0 Å². The summed E-state index contributed by atoms with van der Waals surface area (Å²) in [5.74, 6) is -0.238. The van der Waals surface area contributed by atoms with Crippen LogP contribution < -0.4 is 34.9 Å². The van der Waals surface area contributed by atoms with Crippen LogP contribution in [0.1, 0.15) is 12.5 Å². The van der Waals surface area contributed by atoms with Crippen molar-refractivity contribution in [2.45, 2.75) is 18.7 Å². The van der Waals surface area contributed by atoms with E-state index in [4.69, 9.17) is 4.55 Å². The molecule has 1 aromatic rings. The number of amides is 1. The number of benzene rings is 1. The molecule has 0 aliphatic heterocycles. The standard InChI is InChI=1S/C9H11NO4S.Na/c1-6-5-8(15(12,13)14)3-4-9(6)10-7(2)11;/h3-5H,1-2H3,(H,10,11)(H,12,13,14);/q;+1. The average Bonchev–Trinajstić information content (AvgIpc) is 2.05. The molecule has 0 aromatic heterocycles. The van der Waals surface area contributed by atoms with E-state index in [9.17, 15) is 13.2 Å². The first kappa shape index (κ1) is 15.6. The molecule has 0 aliphatic carbocycles. The van der Waals surface area contributed by atoms with Gasteiger partial charge in [-0.3, -0.25) is 9.35 Å². The van der Waals surface area contributed by atoms with Gasteiger partial charge in [-0.15, -0.1) is 0 Å². The molecule has 0 bridgehead atoms. The van der Waals surface area contributed by atoms with Gasteiger partial charge in [0, 0.05) is 12.6 Å². The Hall–Kier alpha value is -0.400. The Morgan fingerprint density at radius 3 is 2.31 bits per heavy atom. The minimum absolute atomic E-state index is 0. The van der Waals surface area contributed by atoms with Crippen LogP contribution in [0, 0.1) is 6.92 Å². The Kier molecular flexibility index (Phi) is 5.64. The summed E-state index contributed by atoms with van der Waals surface area (Å²) in [4.78, 5) is 10.6. The quantitative estimate of drug-likeness (QED) is 0.481. The zero-order chi connectivity index (χ0) is 11.6. The van der Waals surface area contributed by atoms with Crippen LogP contribution in [0.15, 0.2) is 23.1 Å². The zero-order valence-corrected chi connectivity index (χ0v) is 12.1. The first-order chi connectivity index (χ1) is 6.80. The summed E-state index contributed by atoms with van der Waals surface area (Å²) in [6, 6.07) is 3.95. The van der Waals surface area contributed by atoms with Gasteiger partial charge >= 0.3 is 29.6 Å². The van der Waals surface area contributed by atoms with E-state index >= 15 is 0 Å². The maximum absolute atomic E-state index is 10.8. The molecule has 1 aromatic carbocycles. The summed E-state index contributed by atoms with van der Waals surface area (Å²) in [6.45, 7) is 3.00. The van der Waals surface area contributed by atoms with Crippen molar-refractivity contribution in [1.82, 2.24) is 0 Å². The second-order valence-corrected chi connectivity index (χ2v) is 4.55. The maximum Gasteiger partial charge on any atom is 1.00 e. The first-order valence-corrected chi connectivity index (χ1v) is 5.60. The van der Waals surface area contributed by atoms with Crippen molar-refractivity contribution in [1.29, 1.82) is 0 Å². The Morgan fingerprint density at radius 2 is 1.94 bits per heavy atom. The molecule has 1 amide bonds. The summed E-state index contributed by atoms with van der Waals surface area (Å²) >= 11 is 0. The van der Waals surface area contributed by atoms with Crippen LogP contribution in [0.25, 0.3) is 0 Å². The molecule has 0 heterocycles. The van der Waals surface area contributed by atoms with E-state index in [-0.39, 0.29) is 40.4 Å². The minimum atomic E-state index is -4.18. The molecule has 0 spiro atoms. The van der Waals surface area contributed by atoms with E-state index in [1.165, 1.54) is 25.1 Å². The van der Waals surface area contributed by atoms with Gasteiger partial charge in [-0.2, -0.15) is 8.42 Å². The largest absolute Gasteiger partial charge is 1.00 e. The van der Waals surface area contributed by atoms with Crippen LogP contribution >= 0.6 is 0 Å². The van der Waals surface area contributed by atoms with Crippen LogP contribution in [0.4, 0.5) is 5.69 Å². The molecule has 0 fully saturated rings. The smallest absolute Gasteiger partial charge is 0.326 e. The molecule has 7 heteroatoms. The second kappa shape index (κ2) is 5.79. The fourth-order valence-corrected chi connectivity index (χ4v) is 1.69. The molecule has 0 radical (unpaired) electrons. The van der Waals surface area contributed by atoms with Crippen molar-refractivity contribution >= 4 is 21.7 Å². The summed E-state index contributed by atoms with van der Waals surface area (Å²) in [6.07, 6.45) is 0. The second-order valence-electron chi connectivity index (χ2n) is 3.13. The number of rotatable bonds is 2. The van der Waals surface area contributed by atoms with Crippen LogP contribution in [0.5, 0.6) is 0 Å². The summed E-state index contributed by atoms with van der Waals surface area (Å²) in [7, 11) is -4.18. The van der Waals surface area contributed by atoms with Crippen molar-refractivity contribution in [2.24, 2.45) is 0 Å². The fraction of sp³-hybridized carbons (Fsp3) is 0.222. The van der Waals surface area contributed by atoms with Crippen molar-refractivity contribution in [3.05, 3.63) is 23.8 Å². The van der Waals surface area contributed by atoms with Crippen molar-refractivity contribution in [3.63, 3.8) is 0 Å². The van der Waals surface area contributed by atoms with Crippen LogP contribution in [0.2, 0.25) is 0 Å². The van der Waals surface area contributed by atoms with E-state index in [0.717, 1.165) is 0 Å². The molecule has 0 saturated carbocycles. The normalized spacial score (nSPS) is 10.4. The van der Waals surface area contributed by atoms with Gasteiger partial charge in [0.2, 0.25) is 5.91 Å². The molecule has 0 unspecified atom stereocenters. The van der Waals surface area contributed by atoms with Gasteiger partial charge in [0.05, 0.1) is 4.90 Å². The molecule has 0 aliphatic rings. The Morgan fingerprint density at radius 1 is 1.38 bits per heavy atom. The summed E-state index contributed by atoms with van der Waals surface area (Å²) in [5, 5.41) is 2.54.